The van der Waals surface area contributed by atoms with Gasteiger partial charge in [0.05, 0.1) is 7.11 Å². The standard InChI is InChI=1S/C17H33NO3/c1-4-6-7-13-21-14-10-15-9-8-11-17(15,16(19)20-3)18-12-5-2/h15,18H,4-14H2,1-3H3. The molecule has 0 aliphatic heterocycles. The fraction of sp³-hybridized carbons (Fsp3) is 0.941. The Hall–Kier alpha value is -0.610. The van der Waals surface area contributed by atoms with E-state index in [0.29, 0.717) is 5.92 Å². The number of hydrogen-bond donors (Lipinski definition) is 1. The van der Waals surface area contributed by atoms with Gasteiger partial charge in [-0.2, -0.15) is 0 Å². The van der Waals surface area contributed by atoms with Gasteiger partial charge in [0.1, 0.15) is 5.54 Å². The average molecular weight is 299 g/mol. The topological polar surface area (TPSA) is 47.6 Å². The van der Waals surface area contributed by atoms with Crippen LogP contribution in [0.25, 0.3) is 0 Å². The van der Waals surface area contributed by atoms with E-state index in [9.17, 15) is 4.79 Å². The second kappa shape index (κ2) is 10.2. The zero-order valence-electron chi connectivity index (χ0n) is 14.1. The zero-order valence-corrected chi connectivity index (χ0v) is 14.1. The van der Waals surface area contributed by atoms with Gasteiger partial charge in [-0.15, -0.1) is 0 Å². The fourth-order valence-corrected chi connectivity index (χ4v) is 3.35. The first kappa shape index (κ1) is 18.4. The molecule has 0 saturated heterocycles. The molecular weight excluding hydrogens is 266 g/mol. The van der Waals surface area contributed by atoms with Crippen molar-refractivity contribution < 1.29 is 14.3 Å². The lowest BCUT2D eigenvalue weighted by molar-refractivity contribution is -0.150. The van der Waals surface area contributed by atoms with Gasteiger partial charge in [0, 0.05) is 13.2 Å². The van der Waals surface area contributed by atoms with Gasteiger partial charge in [0.25, 0.3) is 0 Å². The molecule has 0 radical (unpaired) electrons. The second-order valence-electron chi connectivity index (χ2n) is 6.09. The van der Waals surface area contributed by atoms with Crippen molar-refractivity contribution in [3.63, 3.8) is 0 Å². The Bertz CT molecular complexity index is 296. The molecule has 1 rings (SSSR count). The van der Waals surface area contributed by atoms with Crippen molar-refractivity contribution in [3.8, 4) is 0 Å². The summed E-state index contributed by atoms with van der Waals surface area (Å²) in [5.74, 6) is 0.243. The lowest BCUT2D eigenvalue weighted by Gasteiger charge is -2.34. The molecule has 4 heteroatoms. The Labute approximate surface area is 130 Å². The van der Waals surface area contributed by atoms with Gasteiger partial charge in [-0.3, -0.25) is 4.79 Å². The van der Waals surface area contributed by atoms with Crippen LogP contribution in [0.3, 0.4) is 0 Å². The maximum atomic E-state index is 12.3. The minimum absolute atomic E-state index is 0.0931. The van der Waals surface area contributed by atoms with Gasteiger partial charge in [-0.1, -0.05) is 33.1 Å². The highest BCUT2D eigenvalue weighted by molar-refractivity contribution is 5.81. The first-order valence-corrected chi connectivity index (χ1v) is 8.62. The number of methoxy groups -OCH3 is 1. The molecule has 4 nitrogen and oxygen atoms in total. The van der Waals surface area contributed by atoms with Gasteiger partial charge in [-0.05, 0) is 44.6 Å². The molecule has 1 saturated carbocycles. The Morgan fingerprint density at radius 2 is 2.05 bits per heavy atom. The molecule has 0 amide bonds. The van der Waals surface area contributed by atoms with Crippen molar-refractivity contribution in [1.29, 1.82) is 0 Å². The Balaban J connectivity index is 2.47. The van der Waals surface area contributed by atoms with E-state index in [0.717, 1.165) is 58.3 Å². The number of carbonyl (C=O) groups excluding carboxylic acids is 1. The summed E-state index contributed by atoms with van der Waals surface area (Å²) in [6, 6.07) is 0. The van der Waals surface area contributed by atoms with E-state index in [2.05, 4.69) is 19.2 Å². The van der Waals surface area contributed by atoms with Crippen LogP contribution < -0.4 is 5.32 Å². The number of ether oxygens (including phenoxy) is 2. The normalized spacial score (nSPS) is 25.2. The van der Waals surface area contributed by atoms with Gasteiger partial charge in [0.2, 0.25) is 0 Å². The van der Waals surface area contributed by atoms with Crippen LogP contribution in [0.4, 0.5) is 0 Å². The molecular formula is C17H33NO3. The van der Waals surface area contributed by atoms with E-state index in [-0.39, 0.29) is 5.97 Å². The maximum Gasteiger partial charge on any atom is 0.326 e. The predicted octanol–water partition coefficient (Wildman–Crippen LogP) is 3.29. The molecule has 0 bridgehead atoms. The van der Waals surface area contributed by atoms with E-state index in [1.54, 1.807) is 0 Å². The summed E-state index contributed by atoms with van der Waals surface area (Å²) in [4.78, 5) is 12.3. The molecule has 0 heterocycles. The Kier molecular flexibility index (Phi) is 8.93. The lowest BCUT2D eigenvalue weighted by atomic mass is 9.84. The first-order chi connectivity index (χ1) is 10.2. The smallest absolute Gasteiger partial charge is 0.326 e. The molecule has 0 aromatic rings. The van der Waals surface area contributed by atoms with E-state index in [4.69, 9.17) is 9.47 Å². The Morgan fingerprint density at radius 3 is 2.71 bits per heavy atom. The van der Waals surface area contributed by atoms with Crippen molar-refractivity contribution in [2.75, 3.05) is 26.9 Å². The third-order valence-corrected chi connectivity index (χ3v) is 4.56. The van der Waals surface area contributed by atoms with Crippen LogP contribution in [0.5, 0.6) is 0 Å². The van der Waals surface area contributed by atoms with Crippen LogP contribution in [-0.4, -0.2) is 38.4 Å². The summed E-state index contributed by atoms with van der Waals surface area (Å²) in [7, 11) is 1.49. The van der Waals surface area contributed by atoms with Gasteiger partial charge >= 0.3 is 5.97 Å². The van der Waals surface area contributed by atoms with Crippen molar-refractivity contribution in [1.82, 2.24) is 5.32 Å². The number of rotatable bonds is 11. The van der Waals surface area contributed by atoms with Crippen molar-refractivity contribution in [3.05, 3.63) is 0 Å². The molecule has 2 atom stereocenters. The first-order valence-electron chi connectivity index (χ1n) is 8.62. The van der Waals surface area contributed by atoms with Crippen molar-refractivity contribution in [2.45, 2.75) is 70.8 Å². The second-order valence-corrected chi connectivity index (χ2v) is 6.09. The largest absolute Gasteiger partial charge is 0.468 e. The minimum Gasteiger partial charge on any atom is -0.468 e. The molecule has 124 valence electrons. The monoisotopic (exact) mass is 299 g/mol. The van der Waals surface area contributed by atoms with Crippen LogP contribution in [-0.2, 0) is 14.3 Å². The van der Waals surface area contributed by atoms with Crippen molar-refractivity contribution in [2.24, 2.45) is 5.92 Å². The van der Waals surface area contributed by atoms with Crippen LogP contribution in [0.15, 0.2) is 0 Å². The number of nitrogens with one attached hydrogen (secondary N) is 1. The molecule has 21 heavy (non-hydrogen) atoms. The van der Waals surface area contributed by atoms with Gasteiger partial charge < -0.3 is 14.8 Å². The highest BCUT2D eigenvalue weighted by Gasteiger charge is 2.49. The molecule has 1 aliphatic rings. The number of esters is 1. The highest BCUT2D eigenvalue weighted by atomic mass is 16.5. The van der Waals surface area contributed by atoms with Crippen LogP contribution in [0, 0.1) is 5.92 Å². The van der Waals surface area contributed by atoms with Crippen LogP contribution >= 0.6 is 0 Å². The summed E-state index contributed by atoms with van der Waals surface area (Å²) in [5.41, 5.74) is -0.475. The highest BCUT2D eigenvalue weighted by Crippen LogP contribution is 2.39. The van der Waals surface area contributed by atoms with Gasteiger partial charge in [-0.25, -0.2) is 0 Å². The van der Waals surface area contributed by atoms with E-state index in [1.807, 2.05) is 0 Å². The zero-order chi connectivity index (χ0) is 15.6. The fourth-order valence-electron chi connectivity index (χ4n) is 3.35. The van der Waals surface area contributed by atoms with E-state index < -0.39 is 5.54 Å². The van der Waals surface area contributed by atoms with Gasteiger partial charge in [0.15, 0.2) is 0 Å². The quantitative estimate of drug-likeness (QED) is 0.470. The molecule has 0 aromatic heterocycles. The lowest BCUT2D eigenvalue weighted by Crippen LogP contribution is -2.55. The summed E-state index contributed by atoms with van der Waals surface area (Å²) in [6.45, 7) is 6.78. The maximum absolute atomic E-state index is 12.3. The molecule has 0 aromatic carbocycles. The summed E-state index contributed by atoms with van der Waals surface area (Å²) < 4.78 is 10.8. The minimum atomic E-state index is -0.475. The summed E-state index contributed by atoms with van der Waals surface area (Å²) in [6.07, 6.45) is 8.62. The molecule has 0 spiro atoms. The molecule has 2 unspecified atom stereocenters. The SMILES string of the molecule is CCCCCOCCC1CCCC1(NCCC)C(=O)OC. The third kappa shape index (κ3) is 5.26. The van der Waals surface area contributed by atoms with E-state index in [1.165, 1.54) is 20.0 Å². The Morgan fingerprint density at radius 1 is 1.24 bits per heavy atom. The van der Waals surface area contributed by atoms with Crippen LogP contribution in [0.2, 0.25) is 0 Å². The predicted molar refractivity (Wildman–Crippen MR) is 85.3 cm³/mol. The number of unbranched alkanes of at least 4 members (excludes halogenated alkanes) is 2. The van der Waals surface area contributed by atoms with E-state index >= 15 is 0 Å². The molecule has 1 N–H and O–H groups in total. The average Bonchev–Trinajstić information content (AvgIpc) is 2.92. The van der Waals surface area contributed by atoms with Crippen molar-refractivity contribution >= 4 is 5.97 Å². The molecule has 1 fully saturated rings. The van der Waals surface area contributed by atoms with Crippen LogP contribution in [0.1, 0.15) is 65.2 Å². The summed E-state index contributed by atoms with van der Waals surface area (Å²) >= 11 is 0. The summed E-state index contributed by atoms with van der Waals surface area (Å²) in [5, 5.41) is 3.48. The number of hydrogen-bond acceptors (Lipinski definition) is 4. The number of carbonyl (C=O) groups is 1. The molecule has 1 aliphatic carbocycles. The third-order valence-electron chi connectivity index (χ3n) is 4.56.